The van der Waals surface area contributed by atoms with Crippen LogP contribution in [-0.4, -0.2) is 20.9 Å². The van der Waals surface area contributed by atoms with E-state index in [1.54, 1.807) is 12.1 Å². The van der Waals surface area contributed by atoms with Gasteiger partial charge in [-0.05, 0) is 38.0 Å². The van der Waals surface area contributed by atoms with E-state index in [0.717, 1.165) is 22.8 Å². The molecule has 0 fully saturated rings. The molecule has 0 radical (unpaired) electrons. The predicted molar refractivity (Wildman–Crippen MR) is 67.3 cm³/mol. The summed E-state index contributed by atoms with van der Waals surface area (Å²) in [4.78, 5) is 11.2. The van der Waals surface area contributed by atoms with Crippen LogP contribution in [0.5, 0.6) is 0 Å². The molecule has 0 amide bonds. The van der Waals surface area contributed by atoms with Gasteiger partial charge in [-0.25, -0.2) is 9.48 Å². The topological polar surface area (TPSA) is 55.1 Å². The van der Waals surface area contributed by atoms with Gasteiger partial charge in [-0.3, -0.25) is 0 Å². The second kappa shape index (κ2) is 4.33. The molecule has 0 unspecified atom stereocenters. The molecule has 0 aromatic carbocycles. The number of thiophene rings is 1. The van der Waals surface area contributed by atoms with E-state index in [0.29, 0.717) is 4.88 Å². The number of aryl methyl sites for hydroxylation is 1. The van der Waals surface area contributed by atoms with E-state index in [-0.39, 0.29) is 0 Å². The Hall–Kier alpha value is -1.62. The molecule has 2 rings (SSSR count). The van der Waals surface area contributed by atoms with Gasteiger partial charge in [0, 0.05) is 5.69 Å². The molecule has 17 heavy (non-hydrogen) atoms. The third-order valence-corrected chi connectivity index (χ3v) is 3.85. The summed E-state index contributed by atoms with van der Waals surface area (Å²) in [6, 6.07) is 3.41. The van der Waals surface area contributed by atoms with Crippen LogP contribution in [0.4, 0.5) is 0 Å². The molecule has 0 saturated heterocycles. The first-order chi connectivity index (χ1) is 8.04. The highest BCUT2D eigenvalue weighted by Gasteiger charge is 2.14. The average Bonchev–Trinajstić information content (AvgIpc) is 2.84. The minimum atomic E-state index is -0.890. The number of aromatic carboxylic acids is 1. The zero-order valence-corrected chi connectivity index (χ0v) is 10.8. The van der Waals surface area contributed by atoms with Crippen LogP contribution in [0, 0.1) is 13.8 Å². The largest absolute Gasteiger partial charge is 0.477 e. The van der Waals surface area contributed by atoms with Crippen molar-refractivity contribution in [2.75, 3.05) is 0 Å². The molecule has 0 aliphatic heterocycles. The van der Waals surface area contributed by atoms with Crippen LogP contribution in [0.15, 0.2) is 12.1 Å². The van der Waals surface area contributed by atoms with Gasteiger partial charge in [0.15, 0.2) is 0 Å². The van der Waals surface area contributed by atoms with Gasteiger partial charge in [-0.2, -0.15) is 5.10 Å². The smallest absolute Gasteiger partial charge is 0.345 e. The maximum Gasteiger partial charge on any atom is 0.345 e. The molecule has 0 bridgehead atoms. The predicted octanol–water partition coefficient (Wildman–Crippen LogP) is 2.81. The third kappa shape index (κ3) is 1.98. The lowest BCUT2D eigenvalue weighted by Gasteiger charge is -2.00. The summed E-state index contributed by atoms with van der Waals surface area (Å²) in [7, 11) is 0. The first kappa shape index (κ1) is 11.9. The van der Waals surface area contributed by atoms with E-state index >= 15 is 0 Å². The number of nitrogens with zero attached hydrogens (tertiary/aromatic N) is 2. The summed E-state index contributed by atoms with van der Waals surface area (Å²) < 4.78 is 1.82. The Labute approximate surface area is 104 Å². The molecule has 0 aliphatic carbocycles. The number of hydrogen-bond donors (Lipinski definition) is 1. The van der Waals surface area contributed by atoms with Crippen molar-refractivity contribution in [1.82, 2.24) is 9.78 Å². The number of aromatic nitrogens is 2. The Bertz CT molecular complexity index is 569. The number of carboxylic acids is 1. The van der Waals surface area contributed by atoms with Crippen LogP contribution < -0.4 is 0 Å². The highest BCUT2D eigenvalue weighted by atomic mass is 32.1. The zero-order chi connectivity index (χ0) is 12.6. The zero-order valence-electron chi connectivity index (χ0n) is 10.0. The maximum absolute atomic E-state index is 10.8. The van der Waals surface area contributed by atoms with Crippen LogP contribution in [0.3, 0.4) is 0 Å². The molecular weight excluding hydrogens is 236 g/mol. The fourth-order valence-corrected chi connectivity index (χ4v) is 2.81. The summed E-state index contributed by atoms with van der Waals surface area (Å²) in [5, 5.41) is 14.2. The molecule has 0 aliphatic rings. The van der Waals surface area contributed by atoms with E-state index in [2.05, 4.69) is 12.0 Å². The number of rotatable bonds is 3. The molecule has 2 heterocycles. The van der Waals surface area contributed by atoms with Crippen molar-refractivity contribution in [1.29, 1.82) is 0 Å². The van der Waals surface area contributed by atoms with Crippen molar-refractivity contribution in [3.05, 3.63) is 34.0 Å². The van der Waals surface area contributed by atoms with Crippen LogP contribution in [0.25, 0.3) is 5.00 Å². The molecule has 0 saturated carbocycles. The standard InChI is InChI=1S/C12H14N2O2S/c1-4-9-7(2)13-14(8(9)3)11-6-5-10(17-11)12(15)16/h5-6H,4H2,1-3H3,(H,15,16). The summed E-state index contributed by atoms with van der Waals surface area (Å²) in [6.45, 7) is 6.09. The number of carbonyl (C=O) groups is 1. The normalized spacial score (nSPS) is 10.8. The molecule has 0 atom stereocenters. The lowest BCUT2D eigenvalue weighted by Crippen LogP contribution is -1.96. The lowest BCUT2D eigenvalue weighted by molar-refractivity contribution is 0.0702. The van der Waals surface area contributed by atoms with Gasteiger partial charge in [0.1, 0.15) is 9.88 Å². The van der Waals surface area contributed by atoms with Gasteiger partial charge in [-0.15, -0.1) is 11.3 Å². The Kier molecular flexibility index (Phi) is 3.02. The third-order valence-electron chi connectivity index (χ3n) is 2.81. The SMILES string of the molecule is CCc1c(C)nn(-c2ccc(C(=O)O)s2)c1C. The van der Waals surface area contributed by atoms with Crippen LogP contribution in [-0.2, 0) is 6.42 Å². The van der Waals surface area contributed by atoms with Gasteiger partial charge >= 0.3 is 5.97 Å². The van der Waals surface area contributed by atoms with E-state index < -0.39 is 5.97 Å². The molecule has 2 aromatic heterocycles. The molecule has 1 N–H and O–H groups in total. The van der Waals surface area contributed by atoms with Gasteiger partial charge < -0.3 is 5.11 Å². The maximum atomic E-state index is 10.8. The molecule has 5 heteroatoms. The highest BCUT2D eigenvalue weighted by molar-refractivity contribution is 7.16. The van der Waals surface area contributed by atoms with Crippen molar-refractivity contribution < 1.29 is 9.90 Å². The molecular formula is C12H14N2O2S. The minimum absolute atomic E-state index is 0.339. The second-order valence-corrected chi connectivity index (χ2v) is 4.92. The first-order valence-corrected chi connectivity index (χ1v) is 6.24. The lowest BCUT2D eigenvalue weighted by atomic mass is 10.1. The molecule has 2 aromatic rings. The quantitative estimate of drug-likeness (QED) is 0.911. The second-order valence-electron chi connectivity index (χ2n) is 3.86. The Morgan fingerprint density at radius 2 is 2.18 bits per heavy atom. The van der Waals surface area contributed by atoms with Crippen molar-refractivity contribution >= 4 is 17.3 Å². The minimum Gasteiger partial charge on any atom is -0.477 e. The monoisotopic (exact) mass is 250 g/mol. The molecule has 90 valence electrons. The summed E-state index contributed by atoms with van der Waals surface area (Å²) >= 11 is 1.24. The fourth-order valence-electron chi connectivity index (χ4n) is 1.96. The van der Waals surface area contributed by atoms with E-state index in [4.69, 9.17) is 5.11 Å². The van der Waals surface area contributed by atoms with Gasteiger partial charge in [0.25, 0.3) is 0 Å². The van der Waals surface area contributed by atoms with Crippen molar-refractivity contribution in [2.45, 2.75) is 27.2 Å². The van der Waals surface area contributed by atoms with Crippen LogP contribution in [0.2, 0.25) is 0 Å². The number of carboxylic acid groups (broad SMARTS) is 1. The van der Waals surface area contributed by atoms with Crippen LogP contribution >= 0.6 is 11.3 Å². The summed E-state index contributed by atoms with van der Waals surface area (Å²) in [5.41, 5.74) is 3.33. The van der Waals surface area contributed by atoms with E-state index in [9.17, 15) is 4.79 Å². The first-order valence-electron chi connectivity index (χ1n) is 5.43. The molecule has 0 spiro atoms. The summed E-state index contributed by atoms with van der Waals surface area (Å²) in [6.07, 6.45) is 0.939. The fraction of sp³-hybridized carbons (Fsp3) is 0.333. The van der Waals surface area contributed by atoms with E-state index in [1.807, 2.05) is 18.5 Å². The van der Waals surface area contributed by atoms with Gasteiger partial charge in [0.2, 0.25) is 0 Å². The summed E-state index contributed by atoms with van der Waals surface area (Å²) in [5.74, 6) is -0.890. The highest BCUT2D eigenvalue weighted by Crippen LogP contribution is 2.24. The Morgan fingerprint density at radius 1 is 1.47 bits per heavy atom. The Morgan fingerprint density at radius 3 is 2.65 bits per heavy atom. The van der Waals surface area contributed by atoms with Gasteiger partial charge in [-0.1, -0.05) is 6.92 Å². The average molecular weight is 250 g/mol. The van der Waals surface area contributed by atoms with E-state index in [1.165, 1.54) is 16.9 Å². The van der Waals surface area contributed by atoms with Crippen LogP contribution in [0.1, 0.15) is 33.5 Å². The van der Waals surface area contributed by atoms with Crippen molar-refractivity contribution in [2.24, 2.45) is 0 Å². The van der Waals surface area contributed by atoms with Crippen molar-refractivity contribution in [3.8, 4) is 5.00 Å². The Balaban J connectivity index is 2.49. The van der Waals surface area contributed by atoms with Crippen molar-refractivity contribution in [3.63, 3.8) is 0 Å². The van der Waals surface area contributed by atoms with Gasteiger partial charge in [0.05, 0.1) is 5.69 Å². The number of hydrogen-bond acceptors (Lipinski definition) is 3. The molecule has 4 nitrogen and oxygen atoms in total.